The highest BCUT2D eigenvalue weighted by Gasteiger charge is 2.20. The number of fused-ring (bicyclic) bond motifs is 2. The van der Waals surface area contributed by atoms with Gasteiger partial charge in [0.25, 0.3) is 20.2 Å². The van der Waals surface area contributed by atoms with Crippen LogP contribution in [0.4, 0.5) is 11.6 Å². The fraction of sp³-hybridized carbons (Fsp3) is 0.407. The zero-order valence-electron chi connectivity index (χ0n) is 27.0. The summed E-state index contributed by atoms with van der Waals surface area (Å²) < 4.78 is 84.7. The Morgan fingerprint density at radius 1 is 0.574 bits per heavy atom. The van der Waals surface area contributed by atoms with E-state index in [1.165, 1.54) is 12.7 Å². The lowest BCUT2D eigenvalue weighted by atomic mass is 10.1. The molecule has 0 atom stereocenters. The molecular formula is C27H38N6O12S2. The summed E-state index contributed by atoms with van der Waals surface area (Å²) in [7, 11) is 2.06. The highest BCUT2D eigenvalue weighted by atomic mass is 32.2. The monoisotopic (exact) mass is 702 g/mol. The van der Waals surface area contributed by atoms with E-state index in [2.05, 4.69) is 30.6 Å². The van der Waals surface area contributed by atoms with Gasteiger partial charge in [-0.2, -0.15) is 16.8 Å². The molecule has 18 nitrogen and oxygen atoms in total. The summed E-state index contributed by atoms with van der Waals surface area (Å²) in [5.74, 6) is 4.33. The number of ether oxygens (including phenoxy) is 6. The van der Waals surface area contributed by atoms with Gasteiger partial charge in [0.2, 0.25) is 11.5 Å². The van der Waals surface area contributed by atoms with Crippen molar-refractivity contribution in [1.29, 1.82) is 0 Å². The lowest BCUT2D eigenvalue weighted by molar-refractivity contribution is 0.327. The first-order valence-corrected chi connectivity index (χ1v) is 17.0. The van der Waals surface area contributed by atoms with E-state index in [0.29, 0.717) is 82.8 Å². The van der Waals surface area contributed by atoms with Crippen molar-refractivity contribution in [2.45, 2.75) is 6.42 Å². The van der Waals surface area contributed by atoms with Crippen molar-refractivity contribution in [2.75, 3.05) is 78.9 Å². The Morgan fingerprint density at radius 3 is 1.17 bits per heavy atom. The summed E-state index contributed by atoms with van der Waals surface area (Å²) in [6.45, 7) is 1.28. The third-order valence-electron chi connectivity index (χ3n) is 5.80. The molecule has 0 unspecified atom stereocenters. The van der Waals surface area contributed by atoms with Crippen LogP contribution in [-0.4, -0.2) is 114 Å². The molecule has 2 aromatic carbocycles. The molecule has 260 valence electrons. The highest BCUT2D eigenvalue weighted by Crippen LogP contribution is 2.45. The minimum atomic E-state index is -3.67. The van der Waals surface area contributed by atoms with Gasteiger partial charge in [-0.15, -0.1) is 0 Å². The van der Waals surface area contributed by atoms with Crippen LogP contribution in [0, 0.1) is 0 Å². The second-order valence-electron chi connectivity index (χ2n) is 9.20. The predicted molar refractivity (Wildman–Crippen MR) is 175 cm³/mol. The fourth-order valence-corrected chi connectivity index (χ4v) is 4.11. The topological polar surface area (TPSA) is 240 Å². The number of nitrogens with zero attached hydrogens (tertiary/aromatic N) is 4. The number of rotatable bonds is 12. The van der Waals surface area contributed by atoms with Gasteiger partial charge in [0.05, 0.1) is 65.9 Å². The predicted octanol–water partition coefficient (Wildman–Crippen LogP) is 2.55. The van der Waals surface area contributed by atoms with Crippen molar-refractivity contribution in [1.82, 2.24) is 19.9 Å². The Balaban J connectivity index is 0.000000670. The van der Waals surface area contributed by atoms with Gasteiger partial charge >= 0.3 is 0 Å². The SMILES string of the molecule is COc1cc2c(NCCCNc3ncnc4c(OC)c(OC)c(OC)cc34)ncnc2c(OC)c1OC.CS(=O)(=O)O.CS(=O)(=O)O. The molecule has 2 aromatic heterocycles. The molecule has 0 saturated carbocycles. The van der Waals surface area contributed by atoms with E-state index in [0.717, 1.165) is 17.2 Å². The number of benzene rings is 2. The van der Waals surface area contributed by atoms with Crippen LogP contribution < -0.4 is 39.1 Å². The van der Waals surface area contributed by atoms with Crippen molar-refractivity contribution in [3.8, 4) is 34.5 Å². The van der Waals surface area contributed by atoms with Crippen LogP contribution in [0.2, 0.25) is 0 Å². The Hall–Kier alpha value is -4.66. The van der Waals surface area contributed by atoms with Gasteiger partial charge in [0, 0.05) is 13.1 Å². The molecule has 0 amide bonds. The standard InChI is InChI=1S/C25H30N6O6.2CH4O3S/c1-32-16-10-14-18(22(36-5)20(16)34-3)28-12-30-24(14)26-8-7-9-27-25-15-11-17(33-2)21(35-4)23(37-6)19(15)29-13-31-25;2*1-5(2,3)4/h10-13H,7-9H2,1-6H3,(H,26,28,30)(H,27,29,31);2*1H3,(H,2,3,4). The van der Waals surface area contributed by atoms with Crippen molar-refractivity contribution < 1.29 is 54.4 Å². The van der Waals surface area contributed by atoms with Crippen LogP contribution in [0.15, 0.2) is 24.8 Å². The number of hydrogen-bond acceptors (Lipinski definition) is 16. The maximum absolute atomic E-state index is 9.19. The van der Waals surface area contributed by atoms with E-state index >= 15 is 0 Å². The normalized spacial score (nSPS) is 10.9. The molecule has 0 fully saturated rings. The fourth-order valence-electron chi connectivity index (χ4n) is 4.11. The minimum absolute atomic E-state index is 0.481. The molecule has 0 radical (unpaired) electrons. The lowest BCUT2D eigenvalue weighted by Gasteiger charge is -2.16. The van der Waals surface area contributed by atoms with Crippen molar-refractivity contribution in [3.63, 3.8) is 0 Å². The number of methoxy groups -OCH3 is 6. The van der Waals surface area contributed by atoms with Gasteiger partial charge in [-0.3, -0.25) is 9.11 Å². The molecular weight excluding hydrogens is 664 g/mol. The molecule has 4 N–H and O–H groups in total. The molecule has 0 saturated heterocycles. The second-order valence-corrected chi connectivity index (χ2v) is 12.1. The average Bonchev–Trinajstić information content (AvgIpc) is 3.00. The number of nitrogens with one attached hydrogen (secondary N) is 2. The number of hydrogen-bond donors (Lipinski definition) is 4. The van der Waals surface area contributed by atoms with Crippen molar-refractivity contribution in [3.05, 3.63) is 24.8 Å². The van der Waals surface area contributed by atoms with Crippen LogP contribution in [0.1, 0.15) is 6.42 Å². The van der Waals surface area contributed by atoms with Crippen LogP contribution in [0.25, 0.3) is 21.8 Å². The van der Waals surface area contributed by atoms with Gasteiger partial charge in [-0.25, -0.2) is 19.9 Å². The minimum Gasteiger partial charge on any atom is -0.493 e. The molecule has 0 bridgehead atoms. The number of anilines is 2. The smallest absolute Gasteiger partial charge is 0.261 e. The molecule has 0 aliphatic carbocycles. The van der Waals surface area contributed by atoms with E-state index in [-0.39, 0.29) is 0 Å². The average molecular weight is 703 g/mol. The van der Waals surface area contributed by atoms with Crippen LogP contribution in [0.5, 0.6) is 34.5 Å². The number of aromatic nitrogens is 4. The van der Waals surface area contributed by atoms with E-state index < -0.39 is 20.2 Å². The van der Waals surface area contributed by atoms with Gasteiger partial charge in [-0.05, 0) is 18.6 Å². The maximum atomic E-state index is 9.19. The maximum Gasteiger partial charge on any atom is 0.261 e. The highest BCUT2D eigenvalue weighted by molar-refractivity contribution is 7.85. The summed E-state index contributed by atoms with van der Waals surface area (Å²) in [6, 6.07) is 3.67. The van der Waals surface area contributed by atoms with Crippen molar-refractivity contribution >= 4 is 53.7 Å². The van der Waals surface area contributed by atoms with Gasteiger partial charge < -0.3 is 39.1 Å². The zero-order valence-corrected chi connectivity index (χ0v) is 28.6. The zero-order chi connectivity index (χ0) is 35.4. The summed E-state index contributed by atoms with van der Waals surface area (Å²) in [6.07, 6.45) is 5.17. The third-order valence-corrected chi connectivity index (χ3v) is 5.80. The second kappa shape index (κ2) is 17.3. The summed E-state index contributed by atoms with van der Waals surface area (Å²) >= 11 is 0. The molecule has 0 aliphatic heterocycles. The van der Waals surface area contributed by atoms with Crippen LogP contribution in [-0.2, 0) is 20.2 Å². The van der Waals surface area contributed by atoms with Crippen LogP contribution >= 0.6 is 0 Å². The summed E-state index contributed by atoms with van der Waals surface area (Å²) in [4.78, 5) is 17.6. The quantitative estimate of drug-likeness (QED) is 0.122. The molecule has 2 heterocycles. The van der Waals surface area contributed by atoms with E-state index in [1.807, 2.05) is 12.1 Å². The van der Waals surface area contributed by atoms with Gasteiger partial charge in [0.15, 0.2) is 23.0 Å². The lowest BCUT2D eigenvalue weighted by Crippen LogP contribution is -2.11. The summed E-state index contributed by atoms with van der Waals surface area (Å²) in [5, 5.41) is 8.27. The van der Waals surface area contributed by atoms with Crippen molar-refractivity contribution in [2.24, 2.45) is 0 Å². The molecule has 47 heavy (non-hydrogen) atoms. The Morgan fingerprint density at radius 2 is 0.894 bits per heavy atom. The first kappa shape index (κ1) is 38.5. The largest absolute Gasteiger partial charge is 0.493 e. The first-order chi connectivity index (χ1) is 22.1. The Labute approximate surface area is 272 Å². The summed E-state index contributed by atoms with van der Waals surface area (Å²) in [5.41, 5.74) is 1.25. The van der Waals surface area contributed by atoms with Crippen LogP contribution in [0.3, 0.4) is 0 Å². The molecule has 0 spiro atoms. The first-order valence-electron chi connectivity index (χ1n) is 13.3. The van der Waals surface area contributed by atoms with E-state index in [9.17, 15) is 16.8 Å². The molecule has 0 aliphatic rings. The van der Waals surface area contributed by atoms with Gasteiger partial charge in [0.1, 0.15) is 35.3 Å². The van der Waals surface area contributed by atoms with E-state index in [4.69, 9.17) is 37.5 Å². The van der Waals surface area contributed by atoms with Gasteiger partial charge in [-0.1, -0.05) is 0 Å². The molecule has 20 heteroatoms. The molecule has 4 rings (SSSR count). The molecule has 4 aromatic rings. The Bertz CT molecular complexity index is 1720. The third kappa shape index (κ3) is 11.3. The Kier molecular flexibility index (Phi) is 14.2. The van der Waals surface area contributed by atoms with E-state index in [1.54, 1.807) is 42.7 Å².